The number of carbonyl (C=O) groups is 3. The van der Waals surface area contributed by atoms with E-state index in [1.54, 1.807) is 6.92 Å². The summed E-state index contributed by atoms with van der Waals surface area (Å²) in [5.41, 5.74) is -3.28. The lowest BCUT2D eigenvalue weighted by atomic mass is 9.74. The molecule has 14 heteroatoms. The monoisotopic (exact) mass is 639 g/mol. The molecule has 0 unspecified atom stereocenters. The molecule has 0 saturated heterocycles. The molecule has 41 heavy (non-hydrogen) atoms. The molecular formula is C27H31Cl2F4N3O4S. The second kappa shape index (κ2) is 12.5. The molecule has 2 aromatic rings. The number of hydrogen-bond acceptors (Lipinski definition) is 5. The van der Waals surface area contributed by atoms with Crippen LogP contribution in [0.3, 0.4) is 0 Å². The third-order valence-electron chi connectivity index (χ3n) is 7.02. The second-order valence-electron chi connectivity index (χ2n) is 11.3. The van der Waals surface area contributed by atoms with Crippen LogP contribution in [0.5, 0.6) is 0 Å². The number of aliphatic carboxylic acids is 1. The van der Waals surface area contributed by atoms with Crippen LogP contribution in [0, 0.1) is 11.2 Å². The number of aromatic nitrogens is 2. The SMILES string of the molecule is CC(C)(C)SCCN(CC(=O)c1c(Cl)cc(F)cc1Cl)C(=O)c1cnn([C@H]2CC[C@](C)(C(=O)O)CC2)c1C(F)(F)F. The van der Waals surface area contributed by atoms with Crippen molar-refractivity contribution in [1.29, 1.82) is 0 Å². The highest BCUT2D eigenvalue weighted by Crippen LogP contribution is 2.43. The zero-order chi connectivity index (χ0) is 30.9. The summed E-state index contributed by atoms with van der Waals surface area (Å²) in [6.07, 6.45) is -3.56. The zero-order valence-corrected chi connectivity index (χ0v) is 25.3. The number of nitrogens with zero attached hydrogens (tertiary/aromatic N) is 3. The number of benzene rings is 1. The third-order valence-corrected chi connectivity index (χ3v) is 8.87. The number of halogens is 6. The van der Waals surface area contributed by atoms with Crippen molar-refractivity contribution >= 4 is 52.6 Å². The number of Topliss-reactive ketones (excluding diaryl/α,β-unsaturated/α-hetero) is 1. The van der Waals surface area contributed by atoms with Gasteiger partial charge in [0.15, 0.2) is 11.5 Å². The van der Waals surface area contributed by atoms with E-state index in [1.807, 2.05) is 20.8 Å². The van der Waals surface area contributed by atoms with Crippen LogP contribution in [0.25, 0.3) is 0 Å². The van der Waals surface area contributed by atoms with Gasteiger partial charge in [-0.3, -0.25) is 19.1 Å². The summed E-state index contributed by atoms with van der Waals surface area (Å²) in [5.74, 6) is -3.32. The molecule has 0 bridgehead atoms. The van der Waals surface area contributed by atoms with Crippen molar-refractivity contribution in [2.24, 2.45) is 5.41 Å². The van der Waals surface area contributed by atoms with Gasteiger partial charge in [0.2, 0.25) is 0 Å². The first-order valence-corrected chi connectivity index (χ1v) is 14.6. The van der Waals surface area contributed by atoms with Crippen molar-refractivity contribution < 1.29 is 37.1 Å². The Morgan fingerprint density at radius 1 is 1.15 bits per heavy atom. The van der Waals surface area contributed by atoms with Crippen molar-refractivity contribution in [3.8, 4) is 0 Å². The molecule has 1 heterocycles. The smallest absolute Gasteiger partial charge is 0.433 e. The van der Waals surface area contributed by atoms with Crippen LogP contribution >= 0.6 is 35.0 Å². The molecule has 3 rings (SSSR count). The minimum Gasteiger partial charge on any atom is -0.481 e. The minimum atomic E-state index is -4.96. The van der Waals surface area contributed by atoms with Crippen LogP contribution in [-0.2, 0) is 11.0 Å². The standard InChI is InChI=1S/C27H31Cl2F4N3O4S/c1-25(2,3)41-10-9-35(14-20(37)21-18(28)11-15(30)12-19(21)29)23(38)17-13-34-36(22(17)27(31,32)33)16-5-7-26(4,8-6-16)24(39)40/h11-13,16H,5-10,14H2,1-4H3,(H,39,40)/t16-,26-. The van der Waals surface area contributed by atoms with Gasteiger partial charge in [0.05, 0.1) is 45.4 Å². The number of rotatable bonds is 9. The Balaban J connectivity index is 1.96. The second-order valence-corrected chi connectivity index (χ2v) is 14.0. The molecule has 7 nitrogen and oxygen atoms in total. The van der Waals surface area contributed by atoms with Crippen LogP contribution in [0.15, 0.2) is 18.3 Å². The largest absolute Gasteiger partial charge is 0.481 e. The molecule has 1 aliphatic carbocycles. The number of thioether (sulfide) groups is 1. The molecular weight excluding hydrogens is 609 g/mol. The van der Waals surface area contributed by atoms with Gasteiger partial charge in [-0.25, -0.2) is 4.39 Å². The number of hydrogen-bond donors (Lipinski definition) is 1. The quantitative estimate of drug-likeness (QED) is 0.227. The van der Waals surface area contributed by atoms with Crippen molar-refractivity contribution in [1.82, 2.24) is 14.7 Å². The Bertz CT molecular complexity index is 1300. The maximum absolute atomic E-state index is 14.4. The van der Waals surface area contributed by atoms with Crippen molar-refractivity contribution in [2.45, 2.75) is 70.3 Å². The lowest BCUT2D eigenvalue weighted by Crippen LogP contribution is -2.39. The molecule has 1 N–H and O–H groups in total. The van der Waals surface area contributed by atoms with E-state index in [0.717, 1.165) is 27.9 Å². The van der Waals surface area contributed by atoms with E-state index in [-0.39, 0.29) is 52.6 Å². The number of amides is 1. The summed E-state index contributed by atoms with van der Waals surface area (Å²) < 4.78 is 57.4. The molecule has 1 aromatic heterocycles. The molecule has 1 aromatic carbocycles. The number of carboxylic acids is 1. The topological polar surface area (TPSA) is 92.5 Å². The van der Waals surface area contributed by atoms with Gasteiger partial charge in [0, 0.05) is 17.0 Å². The summed E-state index contributed by atoms with van der Waals surface area (Å²) >= 11 is 13.5. The zero-order valence-electron chi connectivity index (χ0n) is 22.9. The van der Waals surface area contributed by atoms with E-state index in [9.17, 15) is 37.1 Å². The third kappa shape index (κ3) is 7.95. The van der Waals surface area contributed by atoms with Gasteiger partial charge >= 0.3 is 12.1 Å². The number of ketones is 1. The van der Waals surface area contributed by atoms with Gasteiger partial charge in [0.1, 0.15) is 5.82 Å². The van der Waals surface area contributed by atoms with E-state index in [0.29, 0.717) is 5.75 Å². The normalized spacial score (nSPS) is 19.7. The number of alkyl halides is 3. The highest BCUT2D eigenvalue weighted by Gasteiger charge is 2.45. The van der Waals surface area contributed by atoms with Gasteiger partial charge in [-0.2, -0.15) is 30.0 Å². The highest BCUT2D eigenvalue weighted by molar-refractivity contribution is 8.00. The first-order valence-electron chi connectivity index (χ1n) is 12.8. The predicted octanol–water partition coefficient (Wildman–Crippen LogP) is 7.41. The van der Waals surface area contributed by atoms with E-state index in [1.165, 1.54) is 11.8 Å². The van der Waals surface area contributed by atoms with Gasteiger partial charge in [-0.1, -0.05) is 44.0 Å². The molecule has 1 amide bonds. The van der Waals surface area contributed by atoms with Crippen molar-refractivity contribution in [3.63, 3.8) is 0 Å². The fraction of sp³-hybridized carbons (Fsp3) is 0.556. The average molecular weight is 641 g/mol. The van der Waals surface area contributed by atoms with Crippen LogP contribution < -0.4 is 0 Å². The molecule has 0 radical (unpaired) electrons. The van der Waals surface area contributed by atoms with Gasteiger partial charge < -0.3 is 10.0 Å². The summed E-state index contributed by atoms with van der Waals surface area (Å²) in [6.45, 7) is 6.61. The Kier molecular flexibility index (Phi) is 10.1. The molecule has 1 aliphatic rings. The predicted molar refractivity (Wildman–Crippen MR) is 149 cm³/mol. The maximum Gasteiger partial charge on any atom is 0.433 e. The molecule has 0 atom stereocenters. The summed E-state index contributed by atoms with van der Waals surface area (Å²) in [7, 11) is 0. The molecule has 1 fully saturated rings. The Morgan fingerprint density at radius 3 is 2.20 bits per heavy atom. The van der Waals surface area contributed by atoms with E-state index < -0.39 is 58.9 Å². The molecule has 1 saturated carbocycles. The lowest BCUT2D eigenvalue weighted by Gasteiger charge is -2.34. The number of carbonyl (C=O) groups excluding carboxylic acids is 2. The first kappa shape index (κ1) is 33.2. The van der Waals surface area contributed by atoms with E-state index in [2.05, 4.69) is 5.10 Å². The van der Waals surface area contributed by atoms with Gasteiger partial charge in [-0.05, 0) is 44.7 Å². The molecule has 226 valence electrons. The van der Waals surface area contributed by atoms with Crippen LogP contribution in [0.1, 0.15) is 85.8 Å². The van der Waals surface area contributed by atoms with Crippen LogP contribution in [0.2, 0.25) is 10.0 Å². The average Bonchev–Trinajstić information content (AvgIpc) is 3.28. The van der Waals surface area contributed by atoms with Crippen molar-refractivity contribution in [2.75, 3.05) is 18.8 Å². The summed E-state index contributed by atoms with van der Waals surface area (Å²) in [5, 5.41) is 12.8. The van der Waals surface area contributed by atoms with Crippen molar-refractivity contribution in [3.05, 3.63) is 51.0 Å². The van der Waals surface area contributed by atoms with Crippen LogP contribution in [0.4, 0.5) is 17.6 Å². The van der Waals surface area contributed by atoms with Gasteiger partial charge in [0.25, 0.3) is 5.91 Å². The molecule has 0 aliphatic heterocycles. The fourth-order valence-corrected chi connectivity index (χ4v) is 6.32. The highest BCUT2D eigenvalue weighted by atomic mass is 35.5. The Morgan fingerprint density at radius 2 is 1.71 bits per heavy atom. The minimum absolute atomic E-state index is 0.0776. The first-order chi connectivity index (χ1) is 18.8. The van der Waals surface area contributed by atoms with Gasteiger partial charge in [-0.15, -0.1) is 0 Å². The lowest BCUT2D eigenvalue weighted by molar-refractivity contribution is -0.152. The maximum atomic E-state index is 14.4. The van der Waals surface area contributed by atoms with Crippen LogP contribution in [-0.4, -0.2) is 61.0 Å². The Hall–Kier alpha value is -2.31. The van der Waals surface area contributed by atoms with E-state index in [4.69, 9.17) is 23.2 Å². The molecule has 0 spiro atoms. The summed E-state index contributed by atoms with van der Waals surface area (Å²) in [4.78, 5) is 39.4. The summed E-state index contributed by atoms with van der Waals surface area (Å²) in [6, 6.07) is 1.00. The fourth-order valence-electron chi connectivity index (χ4n) is 4.72. The van der Waals surface area contributed by atoms with E-state index >= 15 is 0 Å². The number of carboxylic acid groups (broad SMARTS) is 1. The Labute approximate surface area is 249 Å².